The summed E-state index contributed by atoms with van der Waals surface area (Å²) in [6.07, 6.45) is 9.76. The third kappa shape index (κ3) is 7.67. The third-order valence-electron chi connectivity index (χ3n) is 9.16. The van der Waals surface area contributed by atoms with Crippen molar-refractivity contribution in [2.75, 3.05) is 0 Å². The maximum atomic E-state index is 10.8. The SMILES string of the molecule is C[C@H](CC[C@@H]1[C@@H](CCCCCCC(=O)O)[C@@H](O[Si](C)(C)C(C)(C)C)C[C@H]1C)c1cc2ccccc2s1. The average molecular weight is 531 g/mol. The summed E-state index contributed by atoms with van der Waals surface area (Å²) in [4.78, 5) is 12.4. The van der Waals surface area contributed by atoms with Crippen LogP contribution in [-0.4, -0.2) is 25.5 Å². The van der Waals surface area contributed by atoms with Crippen molar-refractivity contribution in [1.82, 2.24) is 0 Å². The van der Waals surface area contributed by atoms with E-state index < -0.39 is 14.3 Å². The molecule has 202 valence electrons. The van der Waals surface area contributed by atoms with Crippen LogP contribution in [-0.2, 0) is 9.22 Å². The Morgan fingerprint density at radius 3 is 2.47 bits per heavy atom. The Morgan fingerprint density at radius 1 is 1.11 bits per heavy atom. The molecule has 1 aliphatic rings. The summed E-state index contributed by atoms with van der Waals surface area (Å²) in [5.41, 5.74) is 0. The Labute approximate surface area is 225 Å². The molecule has 1 aromatic carbocycles. The predicted octanol–water partition coefficient (Wildman–Crippen LogP) is 9.87. The van der Waals surface area contributed by atoms with Crippen LogP contribution in [0.5, 0.6) is 0 Å². The van der Waals surface area contributed by atoms with Crippen molar-refractivity contribution in [3.8, 4) is 0 Å². The van der Waals surface area contributed by atoms with Gasteiger partial charge in [-0.05, 0) is 91.4 Å². The van der Waals surface area contributed by atoms with Crippen LogP contribution < -0.4 is 0 Å². The van der Waals surface area contributed by atoms with E-state index in [-0.39, 0.29) is 5.04 Å². The van der Waals surface area contributed by atoms with Crippen molar-refractivity contribution >= 4 is 35.7 Å². The molecular formula is C31H50O3SSi. The van der Waals surface area contributed by atoms with Crippen molar-refractivity contribution in [3.05, 3.63) is 35.2 Å². The number of unbranched alkanes of at least 4 members (excludes halogenated alkanes) is 3. The van der Waals surface area contributed by atoms with E-state index in [2.05, 4.69) is 78.0 Å². The van der Waals surface area contributed by atoms with E-state index in [4.69, 9.17) is 9.53 Å². The standard InChI is InChI=1S/C31H50O3SSi/c1-22(29-21-24-14-12-13-16-28(24)35-29)18-19-25-23(2)20-27(34-36(6,7)31(3,4)5)26(25)15-10-8-9-11-17-30(32)33/h12-14,16,21-23,25-27H,8-11,15,17-20H2,1-7H3,(H,32,33)/t22-,23-,25+,26-,27+/m1/s1. The lowest BCUT2D eigenvalue weighted by atomic mass is 9.81. The third-order valence-corrected chi connectivity index (χ3v) is 15.0. The molecule has 1 N–H and O–H groups in total. The van der Waals surface area contributed by atoms with Gasteiger partial charge in [-0.25, -0.2) is 0 Å². The first-order chi connectivity index (χ1) is 16.9. The van der Waals surface area contributed by atoms with E-state index in [1.54, 1.807) is 0 Å². The van der Waals surface area contributed by atoms with Crippen molar-refractivity contribution in [2.24, 2.45) is 17.8 Å². The highest BCUT2D eigenvalue weighted by atomic mass is 32.1. The minimum Gasteiger partial charge on any atom is -0.481 e. The van der Waals surface area contributed by atoms with Gasteiger partial charge in [0.15, 0.2) is 8.32 Å². The first-order valence-electron chi connectivity index (χ1n) is 14.3. The molecule has 0 saturated heterocycles. The molecule has 5 atom stereocenters. The van der Waals surface area contributed by atoms with Gasteiger partial charge in [0.2, 0.25) is 0 Å². The maximum Gasteiger partial charge on any atom is 0.303 e. The van der Waals surface area contributed by atoms with Gasteiger partial charge < -0.3 is 9.53 Å². The summed E-state index contributed by atoms with van der Waals surface area (Å²) in [7, 11) is -1.82. The number of benzene rings is 1. The Balaban J connectivity index is 1.65. The molecule has 0 aliphatic heterocycles. The highest BCUT2D eigenvalue weighted by Gasteiger charge is 2.46. The summed E-state index contributed by atoms with van der Waals surface area (Å²) in [5, 5.41) is 10.5. The fourth-order valence-electron chi connectivity index (χ4n) is 5.84. The number of hydrogen-bond donors (Lipinski definition) is 1. The van der Waals surface area contributed by atoms with Crippen LogP contribution in [0.3, 0.4) is 0 Å². The molecule has 0 spiro atoms. The number of thiophene rings is 1. The molecule has 2 aromatic rings. The molecule has 3 rings (SSSR count). The second-order valence-corrected chi connectivity index (χ2v) is 18.8. The van der Waals surface area contributed by atoms with Gasteiger partial charge in [-0.3, -0.25) is 4.79 Å². The Bertz CT molecular complexity index is 943. The largest absolute Gasteiger partial charge is 0.481 e. The molecule has 0 bridgehead atoms. The van der Waals surface area contributed by atoms with Gasteiger partial charge in [0.25, 0.3) is 0 Å². The van der Waals surface area contributed by atoms with Gasteiger partial charge in [-0.1, -0.05) is 72.1 Å². The number of fused-ring (bicyclic) bond motifs is 1. The lowest BCUT2D eigenvalue weighted by Gasteiger charge is -2.40. The molecule has 1 aromatic heterocycles. The predicted molar refractivity (Wildman–Crippen MR) is 158 cm³/mol. The second-order valence-electron chi connectivity index (χ2n) is 13.0. The lowest BCUT2D eigenvalue weighted by Crippen LogP contribution is -2.45. The van der Waals surface area contributed by atoms with E-state index >= 15 is 0 Å². The molecule has 0 amide bonds. The summed E-state index contributed by atoms with van der Waals surface area (Å²) < 4.78 is 8.48. The topological polar surface area (TPSA) is 46.5 Å². The van der Waals surface area contributed by atoms with Crippen LogP contribution in [0.1, 0.15) is 103 Å². The normalized spacial score (nSPS) is 23.9. The molecule has 1 fully saturated rings. The number of hydrogen-bond acceptors (Lipinski definition) is 3. The molecule has 1 heterocycles. The highest BCUT2D eigenvalue weighted by Crippen LogP contribution is 2.48. The Morgan fingerprint density at radius 2 is 1.81 bits per heavy atom. The summed E-state index contributed by atoms with van der Waals surface area (Å²) in [5.74, 6) is 1.96. The highest BCUT2D eigenvalue weighted by molar-refractivity contribution is 7.19. The monoisotopic (exact) mass is 530 g/mol. The fourth-order valence-corrected chi connectivity index (χ4v) is 8.37. The molecule has 3 nitrogen and oxygen atoms in total. The Kier molecular flexibility index (Phi) is 10.3. The van der Waals surface area contributed by atoms with Crippen molar-refractivity contribution in [3.63, 3.8) is 0 Å². The second kappa shape index (κ2) is 12.6. The van der Waals surface area contributed by atoms with E-state index in [0.717, 1.165) is 25.2 Å². The quantitative estimate of drug-likeness (QED) is 0.207. The number of aliphatic carboxylic acids is 1. The van der Waals surface area contributed by atoms with Gasteiger partial charge in [0.1, 0.15) is 0 Å². The molecule has 5 heteroatoms. The van der Waals surface area contributed by atoms with Crippen LogP contribution in [0, 0.1) is 17.8 Å². The molecule has 36 heavy (non-hydrogen) atoms. The zero-order valence-electron chi connectivity index (χ0n) is 23.8. The average Bonchev–Trinajstić information content (AvgIpc) is 3.34. The van der Waals surface area contributed by atoms with Crippen molar-refractivity contribution < 1.29 is 14.3 Å². The number of carbonyl (C=O) groups is 1. The van der Waals surface area contributed by atoms with E-state index in [1.165, 1.54) is 47.1 Å². The zero-order valence-corrected chi connectivity index (χ0v) is 25.6. The van der Waals surface area contributed by atoms with Gasteiger partial charge >= 0.3 is 5.97 Å². The van der Waals surface area contributed by atoms with Crippen LogP contribution in [0.4, 0.5) is 0 Å². The van der Waals surface area contributed by atoms with Gasteiger partial charge in [0.05, 0.1) is 0 Å². The van der Waals surface area contributed by atoms with Gasteiger partial charge in [-0.2, -0.15) is 0 Å². The van der Waals surface area contributed by atoms with E-state index in [9.17, 15) is 4.79 Å². The number of carboxylic acid groups (broad SMARTS) is 1. The first-order valence-corrected chi connectivity index (χ1v) is 18.0. The van der Waals surface area contributed by atoms with E-state index in [1.807, 2.05) is 11.3 Å². The lowest BCUT2D eigenvalue weighted by molar-refractivity contribution is -0.137. The number of carboxylic acids is 1. The smallest absolute Gasteiger partial charge is 0.303 e. The van der Waals surface area contributed by atoms with Crippen molar-refractivity contribution in [1.29, 1.82) is 0 Å². The summed E-state index contributed by atoms with van der Waals surface area (Å²) in [6, 6.07) is 11.2. The zero-order chi connectivity index (χ0) is 26.5. The summed E-state index contributed by atoms with van der Waals surface area (Å²) in [6.45, 7) is 16.7. The van der Waals surface area contributed by atoms with Crippen molar-refractivity contribution in [2.45, 2.75) is 123 Å². The van der Waals surface area contributed by atoms with Crippen LogP contribution >= 0.6 is 11.3 Å². The number of rotatable bonds is 13. The van der Waals surface area contributed by atoms with Crippen LogP contribution in [0.25, 0.3) is 10.1 Å². The maximum absolute atomic E-state index is 10.8. The van der Waals surface area contributed by atoms with Gasteiger partial charge in [0, 0.05) is 22.1 Å². The fraction of sp³-hybridized carbons (Fsp3) is 0.710. The Hall–Kier alpha value is -1.17. The molecule has 1 saturated carbocycles. The minimum atomic E-state index is -1.82. The minimum absolute atomic E-state index is 0.228. The van der Waals surface area contributed by atoms with Gasteiger partial charge in [-0.15, -0.1) is 11.3 Å². The van der Waals surface area contributed by atoms with E-state index in [0.29, 0.717) is 30.3 Å². The molecule has 1 aliphatic carbocycles. The molecule has 0 radical (unpaired) electrons. The summed E-state index contributed by atoms with van der Waals surface area (Å²) >= 11 is 1.96. The molecular weight excluding hydrogens is 480 g/mol. The molecule has 0 unspecified atom stereocenters. The van der Waals surface area contributed by atoms with Crippen LogP contribution in [0.15, 0.2) is 30.3 Å². The van der Waals surface area contributed by atoms with Crippen LogP contribution in [0.2, 0.25) is 18.1 Å². The first kappa shape index (κ1) is 29.4.